The molecule has 0 unspecified atom stereocenters. The maximum absolute atomic E-state index is 11.9. The molecule has 1 aromatic heterocycles. The lowest BCUT2D eigenvalue weighted by Crippen LogP contribution is -2.24. The minimum atomic E-state index is -3.43. The van der Waals surface area contributed by atoms with Crippen molar-refractivity contribution in [1.29, 1.82) is 0 Å². The van der Waals surface area contributed by atoms with Gasteiger partial charge in [-0.2, -0.15) is 0 Å². The molecule has 0 saturated heterocycles. The zero-order chi connectivity index (χ0) is 13.9. The molecule has 102 valence electrons. The van der Waals surface area contributed by atoms with Crippen molar-refractivity contribution in [2.45, 2.75) is 19.2 Å². The van der Waals surface area contributed by atoms with E-state index in [0.29, 0.717) is 22.7 Å². The highest BCUT2D eigenvalue weighted by atomic mass is 32.2. The highest BCUT2D eigenvalue weighted by molar-refractivity contribution is 7.88. The van der Waals surface area contributed by atoms with Crippen molar-refractivity contribution >= 4 is 15.7 Å². The van der Waals surface area contributed by atoms with Gasteiger partial charge in [-0.05, 0) is 24.6 Å². The van der Waals surface area contributed by atoms with Gasteiger partial charge in [0, 0.05) is 11.8 Å². The molecule has 0 fully saturated rings. The summed E-state index contributed by atoms with van der Waals surface area (Å²) in [6, 6.07) is 8.47. The molecule has 7 heteroatoms. The smallest absolute Gasteiger partial charge is 0.216 e. The number of anilines is 1. The topological polar surface area (TPSA) is 98.2 Å². The first-order valence-electron chi connectivity index (χ1n) is 5.68. The maximum Gasteiger partial charge on any atom is 0.216 e. The van der Waals surface area contributed by atoms with Crippen molar-refractivity contribution < 1.29 is 12.9 Å². The van der Waals surface area contributed by atoms with Crippen LogP contribution >= 0.6 is 0 Å². The van der Waals surface area contributed by atoms with Crippen LogP contribution in [0.4, 0.5) is 5.69 Å². The van der Waals surface area contributed by atoms with Crippen LogP contribution in [0.2, 0.25) is 0 Å². The van der Waals surface area contributed by atoms with Crippen molar-refractivity contribution in [1.82, 2.24) is 9.88 Å². The van der Waals surface area contributed by atoms with Gasteiger partial charge in [0.2, 0.25) is 10.0 Å². The van der Waals surface area contributed by atoms with E-state index in [4.69, 9.17) is 10.3 Å². The quantitative estimate of drug-likeness (QED) is 0.802. The Morgan fingerprint density at radius 3 is 2.79 bits per heavy atom. The first kappa shape index (κ1) is 13.6. The summed E-state index contributed by atoms with van der Waals surface area (Å²) in [7, 11) is -3.43. The SMILES string of the molecule is Cc1cc(CNS(=O)(=O)Cc2cccc(N)c2)on1. The van der Waals surface area contributed by atoms with Crippen molar-refractivity contribution in [3.8, 4) is 0 Å². The van der Waals surface area contributed by atoms with Gasteiger partial charge in [-0.1, -0.05) is 17.3 Å². The summed E-state index contributed by atoms with van der Waals surface area (Å²) >= 11 is 0. The maximum atomic E-state index is 11.9. The first-order valence-corrected chi connectivity index (χ1v) is 7.34. The van der Waals surface area contributed by atoms with E-state index in [1.54, 1.807) is 37.3 Å². The number of nitrogens with zero attached hydrogens (tertiary/aromatic N) is 1. The number of hydrogen-bond donors (Lipinski definition) is 2. The van der Waals surface area contributed by atoms with Gasteiger partial charge in [-0.3, -0.25) is 0 Å². The molecule has 0 aliphatic rings. The van der Waals surface area contributed by atoms with Crippen molar-refractivity contribution in [3.05, 3.63) is 47.3 Å². The van der Waals surface area contributed by atoms with Gasteiger partial charge < -0.3 is 10.3 Å². The van der Waals surface area contributed by atoms with E-state index in [1.165, 1.54) is 0 Å². The molecule has 0 radical (unpaired) electrons. The van der Waals surface area contributed by atoms with Gasteiger partial charge in [-0.25, -0.2) is 13.1 Å². The summed E-state index contributed by atoms with van der Waals surface area (Å²) in [6.07, 6.45) is 0. The predicted octanol–water partition coefficient (Wildman–Crippen LogP) is 1.18. The van der Waals surface area contributed by atoms with Crippen LogP contribution in [-0.2, 0) is 22.3 Å². The lowest BCUT2D eigenvalue weighted by Gasteiger charge is -2.05. The number of aryl methyl sites for hydroxylation is 1. The Morgan fingerprint density at radius 2 is 2.16 bits per heavy atom. The number of nitrogens with two attached hydrogens (primary N) is 1. The molecule has 0 aliphatic heterocycles. The molecular weight excluding hydrogens is 266 g/mol. The number of aromatic nitrogens is 1. The highest BCUT2D eigenvalue weighted by Gasteiger charge is 2.12. The Hall–Kier alpha value is -1.86. The van der Waals surface area contributed by atoms with Crippen LogP contribution in [-0.4, -0.2) is 13.6 Å². The summed E-state index contributed by atoms with van der Waals surface area (Å²) < 4.78 is 31.1. The van der Waals surface area contributed by atoms with Crippen LogP contribution in [0.5, 0.6) is 0 Å². The molecule has 1 heterocycles. The highest BCUT2D eigenvalue weighted by Crippen LogP contribution is 2.10. The average Bonchev–Trinajstić information content (AvgIpc) is 2.72. The van der Waals surface area contributed by atoms with Crippen LogP contribution in [0, 0.1) is 6.92 Å². The first-order chi connectivity index (χ1) is 8.94. The van der Waals surface area contributed by atoms with Gasteiger partial charge in [-0.15, -0.1) is 0 Å². The van der Waals surface area contributed by atoms with Crippen LogP contribution in [0.25, 0.3) is 0 Å². The van der Waals surface area contributed by atoms with Gasteiger partial charge in [0.1, 0.15) is 0 Å². The molecule has 0 spiro atoms. The molecule has 0 aliphatic carbocycles. The lowest BCUT2D eigenvalue weighted by atomic mass is 10.2. The largest absolute Gasteiger partial charge is 0.399 e. The minimum absolute atomic E-state index is 0.0888. The molecule has 3 N–H and O–H groups in total. The second kappa shape index (κ2) is 5.41. The third kappa shape index (κ3) is 4.08. The molecule has 0 amide bonds. The Kier molecular flexibility index (Phi) is 3.87. The van der Waals surface area contributed by atoms with E-state index in [1.807, 2.05) is 0 Å². The molecule has 2 rings (SSSR count). The zero-order valence-corrected chi connectivity index (χ0v) is 11.3. The Labute approximate surface area is 111 Å². The minimum Gasteiger partial charge on any atom is -0.399 e. The molecule has 19 heavy (non-hydrogen) atoms. The van der Waals surface area contributed by atoms with E-state index >= 15 is 0 Å². The fourth-order valence-electron chi connectivity index (χ4n) is 1.63. The van der Waals surface area contributed by atoms with Gasteiger partial charge in [0.05, 0.1) is 18.0 Å². The number of benzene rings is 1. The predicted molar refractivity (Wildman–Crippen MR) is 71.6 cm³/mol. The van der Waals surface area contributed by atoms with Crippen LogP contribution in [0.3, 0.4) is 0 Å². The summed E-state index contributed by atoms with van der Waals surface area (Å²) in [5, 5.41) is 3.69. The monoisotopic (exact) mass is 281 g/mol. The van der Waals surface area contributed by atoms with Crippen molar-refractivity contribution in [3.63, 3.8) is 0 Å². The number of rotatable bonds is 5. The van der Waals surface area contributed by atoms with Crippen molar-refractivity contribution in [2.24, 2.45) is 0 Å². The number of sulfonamides is 1. The van der Waals surface area contributed by atoms with E-state index < -0.39 is 10.0 Å². The fraction of sp³-hybridized carbons (Fsp3) is 0.250. The Bertz CT molecular complexity index is 664. The van der Waals surface area contributed by atoms with E-state index in [0.717, 1.165) is 0 Å². The molecule has 0 atom stereocenters. The van der Waals surface area contributed by atoms with Crippen molar-refractivity contribution in [2.75, 3.05) is 5.73 Å². The standard InChI is InChI=1S/C12H15N3O3S/c1-9-5-12(18-15-9)7-14-19(16,17)8-10-3-2-4-11(13)6-10/h2-6,14H,7-8,13H2,1H3. The average molecular weight is 281 g/mol. The summed E-state index contributed by atoms with van der Waals surface area (Å²) in [4.78, 5) is 0. The molecular formula is C12H15N3O3S. The number of nitrogens with one attached hydrogen (secondary N) is 1. The molecule has 0 bridgehead atoms. The molecule has 0 saturated carbocycles. The second-order valence-corrected chi connectivity index (χ2v) is 6.07. The third-order valence-corrected chi connectivity index (χ3v) is 3.75. The fourth-order valence-corrected chi connectivity index (χ4v) is 2.72. The van der Waals surface area contributed by atoms with Crippen LogP contribution in [0.15, 0.2) is 34.9 Å². The van der Waals surface area contributed by atoms with Gasteiger partial charge in [0.15, 0.2) is 5.76 Å². The molecule has 1 aromatic carbocycles. The molecule has 2 aromatic rings. The van der Waals surface area contributed by atoms with E-state index in [2.05, 4.69) is 9.88 Å². The third-order valence-electron chi connectivity index (χ3n) is 2.45. The summed E-state index contributed by atoms with van der Waals surface area (Å²) in [5.41, 5.74) is 7.50. The Balaban J connectivity index is 1.99. The number of nitrogen functional groups attached to an aromatic ring is 1. The van der Waals surface area contributed by atoms with Crippen LogP contribution in [0.1, 0.15) is 17.0 Å². The van der Waals surface area contributed by atoms with Gasteiger partial charge >= 0.3 is 0 Å². The summed E-state index contributed by atoms with van der Waals surface area (Å²) in [6.45, 7) is 1.86. The Morgan fingerprint density at radius 1 is 1.37 bits per heavy atom. The summed E-state index contributed by atoms with van der Waals surface area (Å²) in [5.74, 6) is 0.360. The number of hydrogen-bond acceptors (Lipinski definition) is 5. The lowest BCUT2D eigenvalue weighted by molar-refractivity contribution is 0.377. The van der Waals surface area contributed by atoms with Gasteiger partial charge in [0.25, 0.3) is 0 Å². The zero-order valence-electron chi connectivity index (χ0n) is 10.5. The second-order valence-electron chi connectivity index (χ2n) is 4.26. The molecule has 6 nitrogen and oxygen atoms in total. The normalized spacial score (nSPS) is 11.6. The van der Waals surface area contributed by atoms with Crippen LogP contribution < -0.4 is 10.5 Å². The van der Waals surface area contributed by atoms with E-state index in [-0.39, 0.29) is 12.3 Å². The van der Waals surface area contributed by atoms with E-state index in [9.17, 15) is 8.42 Å².